The molecular formula is C13H23IO2. The lowest BCUT2D eigenvalue weighted by Gasteiger charge is -2.36. The van der Waals surface area contributed by atoms with Gasteiger partial charge in [0, 0.05) is 6.61 Å². The Hall–Kier alpha value is 0.390. The van der Waals surface area contributed by atoms with Crippen molar-refractivity contribution in [2.75, 3.05) is 13.2 Å². The molecule has 1 atom stereocenters. The van der Waals surface area contributed by atoms with Crippen molar-refractivity contribution >= 4 is 22.6 Å². The molecule has 1 aliphatic carbocycles. The van der Waals surface area contributed by atoms with E-state index in [1.807, 2.05) is 13.8 Å². The number of rotatable bonds is 7. The summed E-state index contributed by atoms with van der Waals surface area (Å²) in [6.45, 7) is 7.68. The van der Waals surface area contributed by atoms with E-state index in [0.29, 0.717) is 6.61 Å². The Bertz CT molecular complexity index is 222. The van der Waals surface area contributed by atoms with Gasteiger partial charge in [0.25, 0.3) is 0 Å². The van der Waals surface area contributed by atoms with E-state index in [4.69, 9.17) is 9.47 Å². The first-order valence-corrected chi connectivity index (χ1v) is 7.48. The largest absolute Gasteiger partial charge is 0.353 e. The Balaban J connectivity index is 2.23. The standard InChI is InChI=1S/C13H23IO2/c1-4-11-6-12(7-11)13(8-14)9-16-10(3)15-5-2/h8,10-12H,4-7,9H2,1-3H3/b13-8-. The van der Waals surface area contributed by atoms with Crippen molar-refractivity contribution in [1.29, 1.82) is 0 Å². The minimum Gasteiger partial charge on any atom is -0.353 e. The van der Waals surface area contributed by atoms with Gasteiger partial charge in [0.15, 0.2) is 6.29 Å². The molecule has 1 saturated carbocycles. The van der Waals surface area contributed by atoms with Crippen LogP contribution in [0.15, 0.2) is 9.66 Å². The van der Waals surface area contributed by atoms with Gasteiger partial charge in [-0.15, -0.1) is 0 Å². The van der Waals surface area contributed by atoms with E-state index in [-0.39, 0.29) is 6.29 Å². The molecule has 0 spiro atoms. The molecule has 1 unspecified atom stereocenters. The van der Waals surface area contributed by atoms with E-state index in [2.05, 4.69) is 33.6 Å². The molecule has 3 heteroatoms. The maximum absolute atomic E-state index is 5.67. The molecule has 0 amide bonds. The summed E-state index contributed by atoms with van der Waals surface area (Å²) in [6.07, 6.45) is 3.93. The van der Waals surface area contributed by atoms with Gasteiger partial charge in [-0.3, -0.25) is 0 Å². The van der Waals surface area contributed by atoms with E-state index < -0.39 is 0 Å². The maximum Gasteiger partial charge on any atom is 0.155 e. The smallest absolute Gasteiger partial charge is 0.155 e. The second kappa shape index (κ2) is 7.67. The zero-order valence-corrected chi connectivity index (χ0v) is 12.7. The van der Waals surface area contributed by atoms with Crippen LogP contribution in [0.2, 0.25) is 0 Å². The molecule has 1 fully saturated rings. The first-order chi connectivity index (χ1) is 7.71. The van der Waals surface area contributed by atoms with Crippen LogP contribution in [0, 0.1) is 11.8 Å². The van der Waals surface area contributed by atoms with Crippen LogP contribution in [0.3, 0.4) is 0 Å². The molecule has 94 valence electrons. The predicted octanol–water partition coefficient (Wildman–Crippen LogP) is 4.14. The summed E-state index contributed by atoms with van der Waals surface area (Å²) in [6, 6.07) is 0. The Morgan fingerprint density at radius 2 is 2.06 bits per heavy atom. The van der Waals surface area contributed by atoms with Gasteiger partial charge in [-0.1, -0.05) is 35.9 Å². The lowest BCUT2D eigenvalue weighted by molar-refractivity contribution is -0.122. The average Bonchev–Trinajstić information content (AvgIpc) is 2.21. The predicted molar refractivity (Wildman–Crippen MR) is 75.6 cm³/mol. The van der Waals surface area contributed by atoms with Gasteiger partial charge >= 0.3 is 0 Å². The first kappa shape index (κ1) is 14.5. The molecule has 1 rings (SSSR count). The van der Waals surface area contributed by atoms with Crippen molar-refractivity contribution in [1.82, 2.24) is 0 Å². The maximum atomic E-state index is 5.67. The highest BCUT2D eigenvalue weighted by molar-refractivity contribution is 14.1. The highest BCUT2D eigenvalue weighted by Crippen LogP contribution is 2.40. The molecule has 0 radical (unpaired) electrons. The lowest BCUT2D eigenvalue weighted by atomic mass is 9.70. The molecule has 0 aromatic rings. The van der Waals surface area contributed by atoms with Crippen molar-refractivity contribution in [3.63, 3.8) is 0 Å². The summed E-state index contributed by atoms with van der Waals surface area (Å²) in [5, 5.41) is 0. The van der Waals surface area contributed by atoms with Gasteiger partial charge < -0.3 is 9.47 Å². The van der Waals surface area contributed by atoms with Crippen LogP contribution in [0.25, 0.3) is 0 Å². The Kier molecular flexibility index (Phi) is 6.92. The third kappa shape index (κ3) is 4.34. The molecule has 1 aliphatic rings. The van der Waals surface area contributed by atoms with Crippen molar-refractivity contribution < 1.29 is 9.47 Å². The first-order valence-electron chi connectivity index (χ1n) is 6.23. The second-order valence-corrected chi connectivity index (χ2v) is 5.08. The zero-order chi connectivity index (χ0) is 12.0. The van der Waals surface area contributed by atoms with E-state index >= 15 is 0 Å². The van der Waals surface area contributed by atoms with Crippen LogP contribution >= 0.6 is 22.6 Å². The van der Waals surface area contributed by atoms with Gasteiger partial charge in [0.1, 0.15) is 0 Å². The molecule has 0 aromatic heterocycles. The van der Waals surface area contributed by atoms with Crippen LogP contribution in [-0.4, -0.2) is 19.5 Å². The minimum atomic E-state index is -0.0848. The van der Waals surface area contributed by atoms with E-state index in [1.165, 1.54) is 24.8 Å². The summed E-state index contributed by atoms with van der Waals surface area (Å²) in [7, 11) is 0. The minimum absolute atomic E-state index is 0.0848. The zero-order valence-electron chi connectivity index (χ0n) is 10.5. The fourth-order valence-electron chi connectivity index (χ4n) is 2.11. The van der Waals surface area contributed by atoms with Gasteiger partial charge in [-0.05, 0) is 48.2 Å². The van der Waals surface area contributed by atoms with Crippen LogP contribution in [0.1, 0.15) is 40.0 Å². The second-order valence-electron chi connectivity index (χ2n) is 4.46. The normalized spacial score (nSPS) is 27.6. The monoisotopic (exact) mass is 338 g/mol. The molecule has 0 aromatic carbocycles. The fourth-order valence-corrected chi connectivity index (χ4v) is 2.79. The number of halogens is 1. The van der Waals surface area contributed by atoms with E-state index in [9.17, 15) is 0 Å². The molecule has 0 bridgehead atoms. The molecule has 2 nitrogen and oxygen atoms in total. The third-order valence-electron chi connectivity index (χ3n) is 3.36. The van der Waals surface area contributed by atoms with Crippen molar-refractivity contribution in [3.05, 3.63) is 9.66 Å². The van der Waals surface area contributed by atoms with Crippen molar-refractivity contribution in [3.8, 4) is 0 Å². The quantitative estimate of drug-likeness (QED) is 0.513. The topological polar surface area (TPSA) is 18.5 Å². The summed E-state index contributed by atoms with van der Waals surface area (Å²) >= 11 is 2.33. The SMILES string of the molecule is CCOC(C)OC/C(=C/I)C1CC(CC)C1. The number of ether oxygens (including phenoxy) is 2. The van der Waals surface area contributed by atoms with Crippen LogP contribution in [-0.2, 0) is 9.47 Å². The molecule has 0 N–H and O–H groups in total. The summed E-state index contributed by atoms with van der Waals surface area (Å²) in [5.41, 5.74) is 1.44. The molecule has 0 saturated heterocycles. The summed E-state index contributed by atoms with van der Waals surface area (Å²) < 4.78 is 13.2. The highest BCUT2D eigenvalue weighted by Gasteiger charge is 2.30. The molecule has 0 aliphatic heterocycles. The summed E-state index contributed by atoms with van der Waals surface area (Å²) in [5.74, 6) is 1.70. The van der Waals surface area contributed by atoms with Gasteiger partial charge in [0.2, 0.25) is 0 Å². The van der Waals surface area contributed by atoms with Gasteiger partial charge in [0.05, 0.1) is 6.61 Å². The molecule has 16 heavy (non-hydrogen) atoms. The Morgan fingerprint density at radius 3 is 2.56 bits per heavy atom. The number of hydrogen-bond acceptors (Lipinski definition) is 2. The van der Waals surface area contributed by atoms with Gasteiger partial charge in [-0.2, -0.15) is 0 Å². The van der Waals surface area contributed by atoms with Crippen molar-refractivity contribution in [2.24, 2.45) is 11.8 Å². The number of hydrogen-bond donors (Lipinski definition) is 0. The Labute approximate surface area is 113 Å². The third-order valence-corrected chi connectivity index (χ3v) is 4.16. The van der Waals surface area contributed by atoms with Gasteiger partial charge in [-0.25, -0.2) is 0 Å². The highest BCUT2D eigenvalue weighted by atomic mass is 127. The van der Waals surface area contributed by atoms with Crippen LogP contribution in [0.5, 0.6) is 0 Å². The average molecular weight is 338 g/mol. The summed E-state index contributed by atoms with van der Waals surface area (Å²) in [4.78, 5) is 0. The Morgan fingerprint density at radius 1 is 1.38 bits per heavy atom. The molecular weight excluding hydrogens is 315 g/mol. The van der Waals surface area contributed by atoms with Crippen molar-refractivity contribution in [2.45, 2.75) is 46.3 Å². The van der Waals surface area contributed by atoms with E-state index in [0.717, 1.165) is 18.4 Å². The fraction of sp³-hybridized carbons (Fsp3) is 0.846. The van der Waals surface area contributed by atoms with E-state index in [1.54, 1.807) is 0 Å². The van der Waals surface area contributed by atoms with Crippen LogP contribution in [0.4, 0.5) is 0 Å². The lowest BCUT2D eigenvalue weighted by Crippen LogP contribution is -2.27. The molecule has 0 heterocycles. The van der Waals surface area contributed by atoms with Crippen LogP contribution < -0.4 is 0 Å².